The van der Waals surface area contributed by atoms with Gasteiger partial charge in [0.25, 0.3) is 11.8 Å². The smallest absolute Gasteiger partial charge is 0.259 e. The van der Waals surface area contributed by atoms with Gasteiger partial charge in [-0.3, -0.25) is 19.6 Å². The predicted molar refractivity (Wildman–Crippen MR) is 80.9 cm³/mol. The number of hydrogen-bond donors (Lipinski definition) is 2. The van der Waals surface area contributed by atoms with E-state index in [9.17, 15) is 18.0 Å². The molecule has 22 heavy (non-hydrogen) atoms. The van der Waals surface area contributed by atoms with Crippen LogP contribution < -0.4 is 10.0 Å². The average Bonchev–Trinajstić information content (AvgIpc) is 2.74. The summed E-state index contributed by atoms with van der Waals surface area (Å²) in [4.78, 5) is 23.0. The molecule has 2 amide bonds. The van der Waals surface area contributed by atoms with Crippen molar-refractivity contribution in [2.24, 2.45) is 0 Å². The summed E-state index contributed by atoms with van der Waals surface area (Å²) in [7, 11) is -3.60. The topological polar surface area (TPSA) is 92.3 Å². The molecule has 2 N–H and O–H groups in total. The second-order valence-corrected chi connectivity index (χ2v) is 6.61. The highest BCUT2D eigenvalue weighted by atomic mass is 32.2. The van der Waals surface area contributed by atoms with Crippen molar-refractivity contribution in [3.8, 4) is 0 Å². The minimum atomic E-state index is -3.60. The highest BCUT2D eigenvalue weighted by molar-refractivity contribution is 7.91. The van der Waals surface area contributed by atoms with E-state index in [1.54, 1.807) is 30.3 Å². The fraction of sp³-hybridized carbons (Fsp3) is 0.0667. The van der Waals surface area contributed by atoms with Gasteiger partial charge in [0.2, 0.25) is 10.0 Å². The monoisotopic (exact) mass is 316 g/mol. The van der Waals surface area contributed by atoms with Gasteiger partial charge in [-0.25, -0.2) is 8.42 Å². The van der Waals surface area contributed by atoms with Gasteiger partial charge in [-0.15, -0.1) is 0 Å². The van der Waals surface area contributed by atoms with Gasteiger partial charge in [-0.2, -0.15) is 0 Å². The Kier molecular flexibility index (Phi) is 3.42. The molecule has 0 bridgehead atoms. The van der Waals surface area contributed by atoms with Crippen LogP contribution in [-0.4, -0.2) is 20.2 Å². The summed E-state index contributed by atoms with van der Waals surface area (Å²) in [6.45, 7) is 0. The molecule has 1 aliphatic heterocycles. The molecule has 2 aromatic rings. The van der Waals surface area contributed by atoms with Crippen molar-refractivity contribution >= 4 is 27.5 Å². The van der Waals surface area contributed by atoms with Crippen molar-refractivity contribution in [2.45, 2.75) is 5.75 Å². The quantitative estimate of drug-likeness (QED) is 0.836. The van der Waals surface area contributed by atoms with Crippen LogP contribution in [0.1, 0.15) is 26.3 Å². The lowest BCUT2D eigenvalue weighted by Crippen LogP contribution is -2.19. The van der Waals surface area contributed by atoms with Crippen LogP contribution in [0.3, 0.4) is 0 Å². The number of anilines is 1. The highest BCUT2D eigenvalue weighted by Gasteiger charge is 2.27. The standard InChI is InChI=1S/C15H12N2O4S/c18-14-12-7-6-11(8-13(12)15(19)16-14)17-22(20,21)9-10-4-2-1-3-5-10/h1-8,17H,9H2,(H,16,18,19). The molecular formula is C15H12N2O4S. The number of hydrogen-bond acceptors (Lipinski definition) is 4. The zero-order valence-corrected chi connectivity index (χ0v) is 12.2. The predicted octanol–water partition coefficient (Wildman–Crippen LogP) is 1.51. The second kappa shape index (κ2) is 5.27. The lowest BCUT2D eigenvalue weighted by atomic mass is 10.1. The largest absolute Gasteiger partial charge is 0.288 e. The minimum Gasteiger partial charge on any atom is -0.288 e. The number of fused-ring (bicyclic) bond motifs is 1. The molecule has 0 aliphatic carbocycles. The maximum atomic E-state index is 12.1. The molecule has 1 heterocycles. The van der Waals surface area contributed by atoms with Crippen molar-refractivity contribution in [1.29, 1.82) is 0 Å². The molecule has 0 fully saturated rings. The summed E-state index contributed by atoms with van der Waals surface area (Å²) >= 11 is 0. The lowest BCUT2D eigenvalue weighted by Gasteiger charge is -2.08. The Hall–Kier alpha value is -2.67. The van der Waals surface area contributed by atoms with Gasteiger partial charge in [-0.1, -0.05) is 30.3 Å². The second-order valence-electron chi connectivity index (χ2n) is 4.89. The number of rotatable bonds is 4. The fourth-order valence-corrected chi connectivity index (χ4v) is 3.43. The molecule has 0 saturated carbocycles. The molecule has 0 spiro atoms. The molecule has 1 aliphatic rings. The molecule has 0 atom stereocenters. The Morgan fingerprint density at radius 3 is 2.32 bits per heavy atom. The molecule has 7 heteroatoms. The van der Waals surface area contributed by atoms with Crippen LogP contribution >= 0.6 is 0 Å². The summed E-state index contributed by atoms with van der Waals surface area (Å²) in [6, 6.07) is 13.0. The number of sulfonamides is 1. The average molecular weight is 316 g/mol. The van der Waals surface area contributed by atoms with Crippen LogP contribution in [0.5, 0.6) is 0 Å². The number of imide groups is 1. The molecule has 0 aromatic heterocycles. The normalized spacial score (nSPS) is 13.6. The third-order valence-electron chi connectivity index (χ3n) is 3.21. The number of benzene rings is 2. The summed E-state index contributed by atoms with van der Waals surface area (Å²) < 4.78 is 26.7. The van der Waals surface area contributed by atoms with Gasteiger partial charge in [0.05, 0.1) is 16.9 Å². The van der Waals surface area contributed by atoms with Crippen LogP contribution in [0, 0.1) is 0 Å². The molecule has 0 radical (unpaired) electrons. The minimum absolute atomic E-state index is 0.171. The maximum absolute atomic E-state index is 12.1. The van der Waals surface area contributed by atoms with Crippen molar-refractivity contribution in [1.82, 2.24) is 5.32 Å². The van der Waals surface area contributed by atoms with Gasteiger partial charge in [0.1, 0.15) is 0 Å². The molecule has 0 saturated heterocycles. The van der Waals surface area contributed by atoms with E-state index in [1.807, 2.05) is 0 Å². The molecule has 112 valence electrons. The summed E-state index contributed by atoms with van der Waals surface area (Å²) in [5.74, 6) is -1.17. The maximum Gasteiger partial charge on any atom is 0.259 e. The van der Waals surface area contributed by atoms with Crippen molar-refractivity contribution in [2.75, 3.05) is 4.72 Å². The van der Waals surface area contributed by atoms with E-state index in [-0.39, 0.29) is 22.6 Å². The van der Waals surface area contributed by atoms with Gasteiger partial charge >= 0.3 is 0 Å². The van der Waals surface area contributed by atoms with Crippen molar-refractivity contribution in [3.63, 3.8) is 0 Å². The number of carbonyl (C=O) groups excluding carboxylic acids is 2. The Balaban J connectivity index is 1.83. The van der Waals surface area contributed by atoms with Gasteiger partial charge < -0.3 is 0 Å². The summed E-state index contributed by atoms with van der Waals surface area (Å²) in [5.41, 5.74) is 1.32. The number of amides is 2. The van der Waals surface area contributed by atoms with Crippen molar-refractivity contribution in [3.05, 3.63) is 65.2 Å². The zero-order chi connectivity index (χ0) is 15.7. The first-order valence-electron chi connectivity index (χ1n) is 6.49. The summed E-state index contributed by atoms with van der Waals surface area (Å²) in [6.07, 6.45) is 0. The van der Waals surface area contributed by atoms with E-state index in [0.717, 1.165) is 0 Å². The van der Waals surface area contributed by atoms with Gasteiger partial charge in [0.15, 0.2) is 0 Å². The van der Waals surface area contributed by atoms with Gasteiger partial charge in [0, 0.05) is 5.69 Å². The van der Waals surface area contributed by atoms with Gasteiger partial charge in [-0.05, 0) is 23.8 Å². The zero-order valence-electron chi connectivity index (χ0n) is 11.4. The van der Waals surface area contributed by atoms with E-state index < -0.39 is 21.8 Å². The molecule has 2 aromatic carbocycles. The van der Waals surface area contributed by atoms with E-state index in [4.69, 9.17) is 0 Å². The highest BCUT2D eigenvalue weighted by Crippen LogP contribution is 2.21. The van der Waals surface area contributed by atoms with E-state index in [2.05, 4.69) is 10.0 Å². The fourth-order valence-electron chi connectivity index (χ4n) is 2.24. The van der Waals surface area contributed by atoms with Crippen LogP contribution in [0.4, 0.5) is 5.69 Å². The van der Waals surface area contributed by atoms with E-state index in [0.29, 0.717) is 5.56 Å². The number of nitrogens with one attached hydrogen (secondary N) is 2. The molecule has 6 nitrogen and oxygen atoms in total. The molecule has 0 unspecified atom stereocenters. The van der Waals surface area contributed by atoms with Crippen LogP contribution in [0.15, 0.2) is 48.5 Å². The summed E-state index contributed by atoms with van der Waals surface area (Å²) in [5, 5.41) is 2.16. The first-order chi connectivity index (χ1) is 10.4. The third kappa shape index (κ3) is 2.84. The van der Waals surface area contributed by atoms with Crippen LogP contribution in [0.25, 0.3) is 0 Å². The van der Waals surface area contributed by atoms with Crippen LogP contribution in [-0.2, 0) is 15.8 Å². The SMILES string of the molecule is O=C1NC(=O)c2cc(NS(=O)(=O)Cc3ccccc3)ccc21. The van der Waals surface area contributed by atoms with E-state index >= 15 is 0 Å². The Labute approximate surface area is 127 Å². The van der Waals surface area contributed by atoms with E-state index in [1.165, 1.54) is 18.2 Å². The first kappa shape index (κ1) is 14.3. The van der Waals surface area contributed by atoms with Crippen LogP contribution in [0.2, 0.25) is 0 Å². The van der Waals surface area contributed by atoms with Crippen molar-refractivity contribution < 1.29 is 18.0 Å². The Morgan fingerprint density at radius 2 is 1.59 bits per heavy atom. The first-order valence-corrected chi connectivity index (χ1v) is 8.14. The third-order valence-corrected chi connectivity index (χ3v) is 4.47. The lowest BCUT2D eigenvalue weighted by molar-refractivity contribution is 0.0879. The number of carbonyl (C=O) groups is 2. The molecule has 3 rings (SSSR count). The Bertz CT molecular complexity index is 860. The molecular weight excluding hydrogens is 304 g/mol. The Morgan fingerprint density at radius 1 is 0.909 bits per heavy atom.